The van der Waals surface area contributed by atoms with E-state index in [2.05, 4.69) is 5.32 Å². The van der Waals surface area contributed by atoms with Gasteiger partial charge in [0.2, 0.25) is 11.8 Å². The van der Waals surface area contributed by atoms with Crippen molar-refractivity contribution in [1.82, 2.24) is 9.80 Å². The number of likely N-dealkylation sites (N-methyl/N-ethyl adjacent to an activating group) is 1. The molecule has 1 aromatic rings. The molecular formula is C15H22N4O2. The van der Waals surface area contributed by atoms with Crippen molar-refractivity contribution in [1.29, 1.82) is 0 Å². The molecule has 1 fully saturated rings. The number of carbonyl (C=O) groups is 2. The summed E-state index contributed by atoms with van der Waals surface area (Å²) in [7, 11) is 1.77. The first-order valence-electron chi connectivity index (χ1n) is 7.17. The normalized spacial score (nSPS) is 14.5. The third-order valence-corrected chi connectivity index (χ3v) is 3.51. The Labute approximate surface area is 124 Å². The summed E-state index contributed by atoms with van der Waals surface area (Å²) in [5, 5.41) is 2.75. The van der Waals surface area contributed by atoms with Crippen molar-refractivity contribution < 1.29 is 9.59 Å². The van der Waals surface area contributed by atoms with Crippen molar-refractivity contribution in [2.75, 3.05) is 44.3 Å². The van der Waals surface area contributed by atoms with E-state index in [1.165, 1.54) is 0 Å². The van der Waals surface area contributed by atoms with Crippen LogP contribution in [0.15, 0.2) is 24.3 Å². The van der Waals surface area contributed by atoms with Gasteiger partial charge in [-0.1, -0.05) is 12.1 Å². The number of nitrogens with two attached hydrogens (primary N) is 1. The highest BCUT2D eigenvalue weighted by atomic mass is 16.2. The zero-order chi connectivity index (χ0) is 15.2. The molecule has 6 heteroatoms. The molecule has 1 heterocycles. The summed E-state index contributed by atoms with van der Waals surface area (Å²) in [6, 6.07) is 7.11. The van der Waals surface area contributed by atoms with Crippen molar-refractivity contribution in [2.45, 2.75) is 12.8 Å². The molecule has 2 rings (SSSR count). The van der Waals surface area contributed by atoms with E-state index < -0.39 is 0 Å². The number of nitrogen functional groups attached to an aromatic ring is 1. The molecule has 1 aliphatic rings. The van der Waals surface area contributed by atoms with Gasteiger partial charge in [0.1, 0.15) is 0 Å². The number of benzene rings is 1. The molecule has 2 amide bonds. The van der Waals surface area contributed by atoms with E-state index >= 15 is 0 Å². The molecule has 0 aliphatic carbocycles. The largest absolute Gasteiger partial charge is 0.397 e. The minimum atomic E-state index is -0.176. The van der Waals surface area contributed by atoms with Gasteiger partial charge in [-0.25, -0.2) is 0 Å². The number of rotatable bonds is 5. The predicted molar refractivity (Wildman–Crippen MR) is 82.8 cm³/mol. The first kappa shape index (κ1) is 15.3. The Morgan fingerprint density at radius 1 is 1.24 bits per heavy atom. The van der Waals surface area contributed by atoms with E-state index in [9.17, 15) is 9.59 Å². The number of anilines is 2. The third kappa shape index (κ3) is 4.46. The molecular weight excluding hydrogens is 268 g/mol. The topological polar surface area (TPSA) is 78.7 Å². The van der Waals surface area contributed by atoms with Gasteiger partial charge in [0, 0.05) is 13.1 Å². The highest BCUT2D eigenvalue weighted by Crippen LogP contribution is 2.16. The third-order valence-electron chi connectivity index (χ3n) is 3.51. The van der Waals surface area contributed by atoms with Crippen molar-refractivity contribution in [3.63, 3.8) is 0 Å². The minimum absolute atomic E-state index is 0.0852. The Kier molecular flexibility index (Phi) is 5.16. The van der Waals surface area contributed by atoms with Crippen LogP contribution in [0.5, 0.6) is 0 Å². The molecule has 114 valence electrons. The van der Waals surface area contributed by atoms with Crippen molar-refractivity contribution in [3.05, 3.63) is 24.3 Å². The van der Waals surface area contributed by atoms with Gasteiger partial charge in [0.05, 0.1) is 24.5 Å². The standard InChI is InChI=1S/C15H22N4O2/c1-18(11-15(21)19-8-4-5-9-19)10-14(20)17-13-7-3-2-6-12(13)16/h2-3,6-7H,4-5,8-11,16H2,1H3,(H,17,20). The molecule has 0 unspecified atom stereocenters. The maximum absolute atomic E-state index is 12.0. The zero-order valence-corrected chi connectivity index (χ0v) is 12.3. The van der Waals surface area contributed by atoms with Crippen LogP contribution < -0.4 is 11.1 Å². The molecule has 21 heavy (non-hydrogen) atoms. The SMILES string of the molecule is CN(CC(=O)Nc1ccccc1N)CC(=O)N1CCCC1. The fourth-order valence-electron chi connectivity index (χ4n) is 2.40. The molecule has 0 spiro atoms. The average molecular weight is 290 g/mol. The van der Waals surface area contributed by atoms with E-state index in [-0.39, 0.29) is 24.9 Å². The second-order valence-electron chi connectivity index (χ2n) is 5.40. The number of nitrogens with one attached hydrogen (secondary N) is 1. The Morgan fingerprint density at radius 3 is 2.57 bits per heavy atom. The van der Waals surface area contributed by atoms with E-state index in [1.807, 2.05) is 17.0 Å². The Balaban J connectivity index is 1.79. The lowest BCUT2D eigenvalue weighted by molar-refractivity contribution is -0.131. The van der Waals surface area contributed by atoms with E-state index in [0.717, 1.165) is 25.9 Å². The van der Waals surface area contributed by atoms with Crippen molar-refractivity contribution in [2.24, 2.45) is 0 Å². The van der Waals surface area contributed by atoms with Gasteiger partial charge in [-0.2, -0.15) is 0 Å². The highest BCUT2D eigenvalue weighted by molar-refractivity contribution is 5.95. The summed E-state index contributed by atoms with van der Waals surface area (Å²) in [6.45, 7) is 2.09. The molecule has 1 aromatic carbocycles. The number of nitrogens with zero attached hydrogens (tertiary/aromatic N) is 2. The number of hydrogen-bond donors (Lipinski definition) is 2. The fraction of sp³-hybridized carbons (Fsp3) is 0.467. The van der Waals surface area contributed by atoms with Crippen LogP contribution in [0.2, 0.25) is 0 Å². The summed E-state index contributed by atoms with van der Waals surface area (Å²) < 4.78 is 0. The first-order chi connectivity index (χ1) is 10.1. The summed E-state index contributed by atoms with van der Waals surface area (Å²) in [6.07, 6.45) is 2.15. The molecule has 0 atom stereocenters. The number of amides is 2. The molecule has 0 aromatic heterocycles. The Morgan fingerprint density at radius 2 is 1.90 bits per heavy atom. The van der Waals surface area contributed by atoms with Crippen LogP contribution in [-0.4, -0.2) is 54.8 Å². The lowest BCUT2D eigenvalue weighted by atomic mass is 10.2. The van der Waals surface area contributed by atoms with Crippen LogP contribution in [0.1, 0.15) is 12.8 Å². The second kappa shape index (κ2) is 7.08. The van der Waals surface area contributed by atoms with Crippen LogP contribution in [-0.2, 0) is 9.59 Å². The van der Waals surface area contributed by atoms with Crippen LogP contribution in [0.3, 0.4) is 0 Å². The molecule has 3 N–H and O–H groups in total. The summed E-state index contributed by atoms with van der Waals surface area (Å²) in [4.78, 5) is 27.5. The number of carbonyl (C=O) groups excluding carboxylic acids is 2. The van der Waals surface area contributed by atoms with Gasteiger partial charge < -0.3 is 16.0 Å². The van der Waals surface area contributed by atoms with Gasteiger partial charge in [0.15, 0.2) is 0 Å². The summed E-state index contributed by atoms with van der Waals surface area (Å²) in [5.74, 6) is -0.0911. The van der Waals surface area contributed by atoms with E-state index in [1.54, 1.807) is 24.1 Å². The monoisotopic (exact) mass is 290 g/mol. The quantitative estimate of drug-likeness (QED) is 0.785. The van der Waals surface area contributed by atoms with E-state index in [0.29, 0.717) is 11.4 Å². The first-order valence-corrected chi connectivity index (χ1v) is 7.17. The lowest BCUT2D eigenvalue weighted by Crippen LogP contribution is -2.40. The highest BCUT2D eigenvalue weighted by Gasteiger charge is 2.19. The lowest BCUT2D eigenvalue weighted by Gasteiger charge is -2.20. The van der Waals surface area contributed by atoms with Gasteiger partial charge in [-0.3, -0.25) is 14.5 Å². The molecule has 0 bridgehead atoms. The average Bonchev–Trinajstić information content (AvgIpc) is 2.95. The Hall–Kier alpha value is -2.08. The van der Waals surface area contributed by atoms with Crippen molar-refractivity contribution >= 4 is 23.2 Å². The van der Waals surface area contributed by atoms with Gasteiger partial charge in [-0.15, -0.1) is 0 Å². The molecule has 0 saturated carbocycles. The second-order valence-corrected chi connectivity index (χ2v) is 5.40. The number of hydrogen-bond acceptors (Lipinski definition) is 4. The van der Waals surface area contributed by atoms with Crippen LogP contribution >= 0.6 is 0 Å². The molecule has 1 aliphatic heterocycles. The molecule has 0 radical (unpaired) electrons. The van der Waals surface area contributed by atoms with Crippen LogP contribution in [0.25, 0.3) is 0 Å². The predicted octanol–water partition coefficient (Wildman–Crippen LogP) is 0.761. The maximum Gasteiger partial charge on any atom is 0.238 e. The Bertz CT molecular complexity index is 512. The molecule has 6 nitrogen and oxygen atoms in total. The minimum Gasteiger partial charge on any atom is -0.397 e. The van der Waals surface area contributed by atoms with Gasteiger partial charge in [-0.05, 0) is 32.0 Å². The van der Waals surface area contributed by atoms with E-state index in [4.69, 9.17) is 5.73 Å². The summed E-state index contributed by atoms with van der Waals surface area (Å²) in [5.41, 5.74) is 6.90. The number of likely N-dealkylation sites (tertiary alicyclic amines) is 1. The fourth-order valence-corrected chi connectivity index (χ4v) is 2.40. The zero-order valence-electron chi connectivity index (χ0n) is 12.3. The van der Waals surface area contributed by atoms with Gasteiger partial charge >= 0.3 is 0 Å². The van der Waals surface area contributed by atoms with Gasteiger partial charge in [0.25, 0.3) is 0 Å². The summed E-state index contributed by atoms with van der Waals surface area (Å²) >= 11 is 0. The number of para-hydroxylation sites is 2. The maximum atomic E-state index is 12.0. The smallest absolute Gasteiger partial charge is 0.238 e. The molecule has 1 saturated heterocycles. The van der Waals surface area contributed by atoms with Crippen LogP contribution in [0.4, 0.5) is 11.4 Å². The van der Waals surface area contributed by atoms with Crippen LogP contribution in [0, 0.1) is 0 Å². The van der Waals surface area contributed by atoms with Crippen molar-refractivity contribution in [3.8, 4) is 0 Å².